The number of hydrogen-bond acceptors (Lipinski definition) is 8. The van der Waals surface area contributed by atoms with Crippen LogP contribution in [0.2, 0.25) is 0 Å². The van der Waals surface area contributed by atoms with E-state index in [1.165, 1.54) is 26.4 Å². The SMILES string of the molecule is COc1ccc(C(=O)CCC(C)(O)c2cc3c(c(-c4ccc(F)cc4)n2)OCC3(C)N)nc1OC. The van der Waals surface area contributed by atoms with Crippen molar-refractivity contribution in [2.75, 3.05) is 20.8 Å². The van der Waals surface area contributed by atoms with Crippen molar-refractivity contribution in [3.05, 3.63) is 65.2 Å². The fourth-order valence-corrected chi connectivity index (χ4v) is 3.98. The van der Waals surface area contributed by atoms with Gasteiger partial charge in [-0.15, -0.1) is 0 Å². The first-order chi connectivity index (χ1) is 16.6. The molecule has 8 nitrogen and oxygen atoms in total. The zero-order valence-electron chi connectivity index (χ0n) is 20.1. The molecule has 3 aromatic rings. The van der Waals surface area contributed by atoms with Gasteiger partial charge in [-0.3, -0.25) is 4.79 Å². The standard InChI is InChI=1S/C26H28FN3O5/c1-25(28)14-35-23-17(25)13-21(30-22(23)15-5-7-16(27)8-6-15)26(2,32)12-11-19(31)18-9-10-20(33-3)24(29-18)34-4/h5-10,13,32H,11-12,14,28H2,1-4H3. The number of carbonyl (C=O) groups excluding carboxylic acids is 1. The molecule has 0 spiro atoms. The van der Waals surface area contributed by atoms with Crippen molar-refractivity contribution >= 4 is 5.78 Å². The first kappa shape index (κ1) is 24.6. The summed E-state index contributed by atoms with van der Waals surface area (Å²) in [5.41, 5.74) is 6.50. The molecule has 2 unspecified atom stereocenters. The van der Waals surface area contributed by atoms with E-state index in [2.05, 4.69) is 9.97 Å². The highest BCUT2D eigenvalue weighted by Crippen LogP contribution is 2.44. The molecule has 184 valence electrons. The molecule has 0 fully saturated rings. The molecule has 1 aliphatic rings. The van der Waals surface area contributed by atoms with Crippen molar-refractivity contribution in [1.82, 2.24) is 9.97 Å². The van der Waals surface area contributed by atoms with Crippen LogP contribution in [0.4, 0.5) is 4.39 Å². The van der Waals surface area contributed by atoms with Gasteiger partial charge in [-0.05, 0) is 62.7 Å². The van der Waals surface area contributed by atoms with E-state index in [1.54, 1.807) is 37.3 Å². The largest absolute Gasteiger partial charge is 0.491 e. The third-order valence-electron chi connectivity index (χ3n) is 6.14. The third kappa shape index (κ3) is 4.82. The fraction of sp³-hybridized carbons (Fsp3) is 0.346. The van der Waals surface area contributed by atoms with Gasteiger partial charge in [0.2, 0.25) is 0 Å². The summed E-state index contributed by atoms with van der Waals surface area (Å²) in [6, 6.07) is 10.7. The number of Topliss-reactive ketones (excluding diaryl/α,β-unsaturated/α-hetero) is 1. The number of nitrogens with zero attached hydrogens (tertiary/aromatic N) is 2. The third-order valence-corrected chi connectivity index (χ3v) is 6.14. The number of ketones is 1. The van der Waals surface area contributed by atoms with E-state index in [1.807, 2.05) is 6.92 Å². The zero-order valence-corrected chi connectivity index (χ0v) is 20.1. The quantitative estimate of drug-likeness (QED) is 0.468. The van der Waals surface area contributed by atoms with Gasteiger partial charge in [0.05, 0.1) is 25.5 Å². The lowest BCUT2D eigenvalue weighted by atomic mass is 9.88. The number of halogens is 1. The van der Waals surface area contributed by atoms with Crippen molar-refractivity contribution in [3.8, 4) is 28.6 Å². The summed E-state index contributed by atoms with van der Waals surface area (Å²) in [7, 11) is 2.93. The Hall–Kier alpha value is -3.56. The Morgan fingerprint density at radius 2 is 1.91 bits per heavy atom. The molecule has 0 radical (unpaired) electrons. The van der Waals surface area contributed by atoms with Crippen molar-refractivity contribution in [3.63, 3.8) is 0 Å². The van der Waals surface area contributed by atoms with Gasteiger partial charge in [0, 0.05) is 17.5 Å². The highest BCUT2D eigenvalue weighted by atomic mass is 19.1. The van der Waals surface area contributed by atoms with Gasteiger partial charge >= 0.3 is 0 Å². The zero-order chi connectivity index (χ0) is 25.4. The Bertz CT molecular complexity index is 1260. The minimum absolute atomic E-state index is 0.0104. The van der Waals surface area contributed by atoms with E-state index < -0.39 is 11.1 Å². The van der Waals surface area contributed by atoms with Crippen LogP contribution in [0.5, 0.6) is 17.4 Å². The van der Waals surface area contributed by atoms with Gasteiger partial charge in [-0.2, -0.15) is 0 Å². The lowest BCUT2D eigenvalue weighted by Crippen LogP contribution is -2.35. The first-order valence-corrected chi connectivity index (χ1v) is 11.1. The summed E-state index contributed by atoms with van der Waals surface area (Å²) >= 11 is 0. The van der Waals surface area contributed by atoms with Gasteiger partial charge in [0.25, 0.3) is 5.88 Å². The molecule has 0 bridgehead atoms. The fourth-order valence-electron chi connectivity index (χ4n) is 3.98. The van der Waals surface area contributed by atoms with E-state index in [4.69, 9.17) is 19.9 Å². The maximum atomic E-state index is 13.5. The number of fused-ring (bicyclic) bond motifs is 1. The number of aliphatic hydroxyl groups is 1. The smallest absolute Gasteiger partial charge is 0.257 e. The molecule has 3 heterocycles. The number of carbonyl (C=O) groups is 1. The van der Waals surface area contributed by atoms with E-state index in [0.29, 0.717) is 34.0 Å². The maximum Gasteiger partial charge on any atom is 0.257 e. The average molecular weight is 482 g/mol. The average Bonchev–Trinajstić information content (AvgIpc) is 3.16. The Kier molecular flexibility index (Phi) is 6.48. The van der Waals surface area contributed by atoms with Crippen molar-refractivity contribution < 1.29 is 28.5 Å². The number of aromatic nitrogens is 2. The monoisotopic (exact) mass is 481 g/mol. The van der Waals surface area contributed by atoms with Gasteiger partial charge < -0.3 is 25.1 Å². The summed E-state index contributed by atoms with van der Waals surface area (Å²) < 4.78 is 29.7. The van der Waals surface area contributed by atoms with Crippen molar-refractivity contribution in [2.45, 2.75) is 37.8 Å². The number of ether oxygens (including phenoxy) is 3. The van der Waals surface area contributed by atoms with Crippen LogP contribution < -0.4 is 19.9 Å². The van der Waals surface area contributed by atoms with Crippen LogP contribution in [0.1, 0.15) is 48.4 Å². The minimum atomic E-state index is -1.46. The molecule has 9 heteroatoms. The molecule has 0 saturated heterocycles. The van der Waals surface area contributed by atoms with Crippen molar-refractivity contribution in [2.24, 2.45) is 5.73 Å². The number of rotatable bonds is 8. The summed E-state index contributed by atoms with van der Waals surface area (Å²) in [4.78, 5) is 21.7. The number of benzene rings is 1. The molecule has 2 atom stereocenters. The van der Waals surface area contributed by atoms with Crippen LogP contribution in [0.3, 0.4) is 0 Å². The van der Waals surface area contributed by atoms with E-state index in [9.17, 15) is 14.3 Å². The van der Waals surface area contributed by atoms with Crippen LogP contribution in [0, 0.1) is 5.82 Å². The lowest BCUT2D eigenvalue weighted by molar-refractivity contribution is 0.0396. The normalized spacial score (nSPS) is 18.4. The second-order valence-electron chi connectivity index (χ2n) is 9.05. The molecule has 0 saturated carbocycles. The number of nitrogens with two attached hydrogens (primary N) is 1. The molecule has 2 aromatic heterocycles. The summed E-state index contributed by atoms with van der Waals surface area (Å²) in [6.07, 6.45) is 0.0924. The molecule has 0 amide bonds. The van der Waals surface area contributed by atoms with E-state index in [0.717, 1.165) is 0 Å². The lowest BCUT2D eigenvalue weighted by Gasteiger charge is -2.25. The summed E-state index contributed by atoms with van der Waals surface area (Å²) in [5.74, 6) is 0.487. The number of hydrogen-bond donors (Lipinski definition) is 2. The van der Waals surface area contributed by atoms with Crippen LogP contribution in [0.25, 0.3) is 11.3 Å². The highest BCUT2D eigenvalue weighted by molar-refractivity contribution is 5.94. The first-order valence-electron chi connectivity index (χ1n) is 11.1. The van der Waals surface area contributed by atoms with Gasteiger partial charge in [-0.25, -0.2) is 14.4 Å². The molecule has 3 N–H and O–H groups in total. The topological polar surface area (TPSA) is 117 Å². The van der Waals surface area contributed by atoms with E-state index in [-0.39, 0.29) is 42.6 Å². The minimum Gasteiger partial charge on any atom is -0.491 e. The predicted octanol–water partition coefficient (Wildman–Crippen LogP) is 3.74. The molecule has 1 aromatic carbocycles. The van der Waals surface area contributed by atoms with Gasteiger partial charge in [-0.1, -0.05) is 0 Å². The van der Waals surface area contributed by atoms with Crippen LogP contribution in [0.15, 0.2) is 42.5 Å². The Morgan fingerprint density at radius 1 is 1.20 bits per heavy atom. The molecule has 1 aliphatic heterocycles. The maximum absolute atomic E-state index is 13.5. The summed E-state index contributed by atoms with van der Waals surface area (Å²) in [6.45, 7) is 3.67. The van der Waals surface area contributed by atoms with Crippen LogP contribution in [-0.2, 0) is 11.1 Å². The van der Waals surface area contributed by atoms with Gasteiger partial charge in [0.15, 0.2) is 17.3 Å². The van der Waals surface area contributed by atoms with Gasteiger partial charge in [0.1, 0.15) is 29.4 Å². The Balaban J connectivity index is 1.64. The molecule has 4 rings (SSSR count). The summed E-state index contributed by atoms with van der Waals surface area (Å²) in [5, 5.41) is 11.4. The van der Waals surface area contributed by atoms with E-state index >= 15 is 0 Å². The van der Waals surface area contributed by atoms with Crippen LogP contribution >= 0.6 is 0 Å². The molecule has 35 heavy (non-hydrogen) atoms. The highest BCUT2D eigenvalue weighted by Gasteiger charge is 2.38. The van der Waals surface area contributed by atoms with Crippen LogP contribution in [-0.4, -0.2) is 41.7 Å². The Labute approximate surface area is 202 Å². The molecular formula is C26H28FN3O5. The molecular weight excluding hydrogens is 453 g/mol. The number of methoxy groups -OCH3 is 2. The van der Waals surface area contributed by atoms with Crippen molar-refractivity contribution in [1.29, 1.82) is 0 Å². The second kappa shape index (κ2) is 9.24. The predicted molar refractivity (Wildman–Crippen MR) is 127 cm³/mol. The number of pyridine rings is 2. The Morgan fingerprint density at radius 3 is 2.57 bits per heavy atom. The second-order valence-corrected chi connectivity index (χ2v) is 9.05. The molecule has 0 aliphatic carbocycles.